The summed E-state index contributed by atoms with van der Waals surface area (Å²) in [7, 11) is 0. The van der Waals surface area contributed by atoms with E-state index in [4.69, 9.17) is 11.5 Å². The minimum absolute atomic E-state index is 0.0664. The van der Waals surface area contributed by atoms with Crippen LogP contribution in [0.4, 0.5) is 0 Å². The van der Waals surface area contributed by atoms with E-state index in [2.05, 4.69) is 16.0 Å². The maximum Gasteiger partial charge on any atom is 0.246 e. The van der Waals surface area contributed by atoms with Gasteiger partial charge >= 0.3 is 0 Å². The molecule has 14 heteroatoms. The van der Waals surface area contributed by atoms with Gasteiger partial charge in [-0.2, -0.15) is 0 Å². The Morgan fingerprint density at radius 2 is 1.61 bits per heavy atom. The number of amides is 6. The number of hydrogen-bond donors (Lipinski definition) is 6. The maximum absolute atomic E-state index is 13.7. The van der Waals surface area contributed by atoms with Crippen LogP contribution in [0.15, 0.2) is 24.3 Å². The van der Waals surface area contributed by atoms with Crippen LogP contribution >= 0.6 is 0 Å². The first kappa shape index (κ1) is 31.3. The molecule has 2 saturated heterocycles. The van der Waals surface area contributed by atoms with Gasteiger partial charge in [-0.05, 0) is 56.7 Å². The number of phenols is 1. The van der Waals surface area contributed by atoms with Crippen molar-refractivity contribution in [1.82, 2.24) is 25.8 Å². The van der Waals surface area contributed by atoms with Crippen LogP contribution in [0.1, 0.15) is 44.6 Å². The Hall–Kier alpha value is -4.20. The van der Waals surface area contributed by atoms with Gasteiger partial charge in [0.1, 0.15) is 29.9 Å². The molecule has 3 rings (SSSR count). The molecule has 2 aliphatic rings. The first-order chi connectivity index (χ1) is 19.5. The van der Waals surface area contributed by atoms with Crippen molar-refractivity contribution in [3.05, 3.63) is 29.8 Å². The Kier molecular flexibility index (Phi) is 11.0. The monoisotopic (exact) mass is 573 g/mol. The molecule has 2 heterocycles. The molecule has 2 fully saturated rings. The minimum atomic E-state index is -1.02. The largest absolute Gasteiger partial charge is 0.508 e. The van der Waals surface area contributed by atoms with Crippen LogP contribution in [0.5, 0.6) is 5.75 Å². The lowest BCUT2D eigenvalue weighted by molar-refractivity contribution is -0.150. The van der Waals surface area contributed by atoms with E-state index >= 15 is 0 Å². The molecule has 2 aliphatic heterocycles. The molecule has 8 N–H and O–H groups in total. The van der Waals surface area contributed by atoms with E-state index in [9.17, 15) is 33.9 Å². The zero-order valence-corrected chi connectivity index (χ0v) is 23.1. The molecule has 0 aromatic heterocycles. The van der Waals surface area contributed by atoms with E-state index in [0.29, 0.717) is 44.3 Å². The summed E-state index contributed by atoms with van der Waals surface area (Å²) in [5, 5.41) is 17.1. The summed E-state index contributed by atoms with van der Waals surface area (Å²) in [6, 6.07) is 2.66. The molecule has 0 aliphatic carbocycles. The number of carbonyl (C=O) groups excluding carboxylic acids is 6. The van der Waals surface area contributed by atoms with Gasteiger partial charge in [0.25, 0.3) is 0 Å². The molecule has 6 amide bonds. The van der Waals surface area contributed by atoms with Crippen molar-refractivity contribution in [3.8, 4) is 5.75 Å². The second kappa shape index (κ2) is 14.4. The van der Waals surface area contributed by atoms with Gasteiger partial charge < -0.3 is 42.3 Å². The van der Waals surface area contributed by atoms with Gasteiger partial charge in [-0.3, -0.25) is 28.8 Å². The SMILES string of the molecule is C[C@H](NC(=O)CN)C(=O)NCC(=O)N1CCCC[C@H]1C(=O)N1CCC[C@H]1C(=O)N[C@@H](Cc1ccc(O)cc1)C(N)=O. The highest BCUT2D eigenvalue weighted by atomic mass is 16.3. The maximum atomic E-state index is 13.7. The summed E-state index contributed by atoms with van der Waals surface area (Å²) in [6.07, 6.45) is 2.91. The number of hydrogen-bond acceptors (Lipinski definition) is 8. The van der Waals surface area contributed by atoms with Crippen molar-refractivity contribution >= 4 is 35.4 Å². The Bertz CT molecular complexity index is 1140. The number of carbonyl (C=O) groups is 6. The number of phenolic OH excluding ortho intramolecular Hbond substituents is 1. The van der Waals surface area contributed by atoms with Gasteiger partial charge in [-0.15, -0.1) is 0 Å². The second-order valence-corrected chi connectivity index (χ2v) is 10.3. The first-order valence-electron chi connectivity index (χ1n) is 13.8. The zero-order chi connectivity index (χ0) is 30.1. The Balaban J connectivity index is 1.63. The number of likely N-dealkylation sites (tertiary alicyclic amines) is 2. The van der Waals surface area contributed by atoms with Gasteiger partial charge in [-0.25, -0.2) is 0 Å². The van der Waals surface area contributed by atoms with Gasteiger partial charge in [0.05, 0.1) is 13.1 Å². The standard InChI is InChI=1S/C27H39N7O7/c1-16(31-22(36)14-28)25(39)30-15-23(37)33-11-3-2-5-21(33)27(41)34-12-4-6-20(34)26(40)32-19(24(29)38)13-17-7-9-18(35)10-8-17/h7-10,16,19-21,35H,2-6,11-15,28H2,1H3,(H2,29,38)(H,30,39)(H,31,36)(H,32,40)/t16-,19-,20-,21-/m0/s1. The molecule has 0 spiro atoms. The molecule has 224 valence electrons. The summed E-state index contributed by atoms with van der Waals surface area (Å²) in [4.78, 5) is 78.6. The molecule has 0 saturated carbocycles. The quantitative estimate of drug-likeness (QED) is 0.171. The third-order valence-corrected chi connectivity index (χ3v) is 7.35. The summed E-state index contributed by atoms with van der Waals surface area (Å²) in [6.45, 7) is 1.49. The molecular weight excluding hydrogens is 534 g/mol. The molecule has 0 bridgehead atoms. The first-order valence-corrected chi connectivity index (χ1v) is 13.8. The van der Waals surface area contributed by atoms with E-state index in [0.717, 1.165) is 6.42 Å². The van der Waals surface area contributed by atoms with Crippen LogP contribution in [0.25, 0.3) is 0 Å². The number of benzene rings is 1. The Labute approximate surface area is 238 Å². The van der Waals surface area contributed by atoms with Crippen LogP contribution in [0, 0.1) is 0 Å². The number of primary amides is 1. The fourth-order valence-electron chi connectivity index (χ4n) is 5.12. The van der Waals surface area contributed by atoms with Crippen molar-refractivity contribution in [2.45, 2.75) is 69.6 Å². The predicted octanol–water partition coefficient (Wildman–Crippen LogP) is -2.14. The number of nitrogens with two attached hydrogens (primary N) is 2. The minimum Gasteiger partial charge on any atom is -0.508 e. The number of piperidine rings is 1. The number of nitrogens with zero attached hydrogens (tertiary/aromatic N) is 2. The predicted molar refractivity (Wildman–Crippen MR) is 147 cm³/mol. The highest BCUT2D eigenvalue weighted by molar-refractivity contribution is 5.95. The van der Waals surface area contributed by atoms with E-state index in [1.165, 1.54) is 28.9 Å². The molecule has 1 aromatic rings. The third-order valence-electron chi connectivity index (χ3n) is 7.35. The molecule has 1 aromatic carbocycles. The van der Waals surface area contributed by atoms with E-state index in [-0.39, 0.29) is 31.2 Å². The van der Waals surface area contributed by atoms with Gasteiger partial charge in [0.2, 0.25) is 35.4 Å². The van der Waals surface area contributed by atoms with Crippen molar-refractivity contribution in [3.63, 3.8) is 0 Å². The van der Waals surface area contributed by atoms with Crippen LogP contribution in [0.2, 0.25) is 0 Å². The zero-order valence-electron chi connectivity index (χ0n) is 23.1. The number of rotatable bonds is 11. The molecule has 0 unspecified atom stereocenters. The van der Waals surface area contributed by atoms with E-state index in [1.807, 2.05) is 0 Å². The summed E-state index contributed by atoms with van der Waals surface area (Å²) in [5.41, 5.74) is 11.5. The molecule has 0 radical (unpaired) electrons. The number of aromatic hydroxyl groups is 1. The Morgan fingerprint density at radius 1 is 0.951 bits per heavy atom. The van der Waals surface area contributed by atoms with Crippen LogP contribution in [-0.2, 0) is 35.2 Å². The average molecular weight is 574 g/mol. The number of nitrogens with one attached hydrogen (secondary N) is 3. The molecular formula is C27H39N7O7. The smallest absolute Gasteiger partial charge is 0.246 e. The lowest BCUT2D eigenvalue weighted by Gasteiger charge is -2.38. The van der Waals surface area contributed by atoms with E-state index in [1.54, 1.807) is 12.1 Å². The van der Waals surface area contributed by atoms with Crippen molar-refractivity contribution in [1.29, 1.82) is 0 Å². The molecule has 4 atom stereocenters. The lowest BCUT2D eigenvalue weighted by atomic mass is 10.00. The van der Waals surface area contributed by atoms with Crippen LogP contribution < -0.4 is 27.4 Å². The van der Waals surface area contributed by atoms with Crippen molar-refractivity contribution < 1.29 is 33.9 Å². The van der Waals surface area contributed by atoms with Crippen LogP contribution in [-0.4, -0.2) is 101 Å². The summed E-state index contributed by atoms with van der Waals surface area (Å²) >= 11 is 0. The molecule has 41 heavy (non-hydrogen) atoms. The van der Waals surface area contributed by atoms with Gasteiger partial charge in [0, 0.05) is 19.5 Å². The van der Waals surface area contributed by atoms with Gasteiger partial charge in [0.15, 0.2) is 0 Å². The summed E-state index contributed by atoms with van der Waals surface area (Å²) < 4.78 is 0. The van der Waals surface area contributed by atoms with Crippen molar-refractivity contribution in [2.24, 2.45) is 11.5 Å². The Morgan fingerprint density at radius 3 is 2.27 bits per heavy atom. The fraction of sp³-hybridized carbons (Fsp3) is 0.556. The fourth-order valence-corrected chi connectivity index (χ4v) is 5.12. The van der Waals surface area contributed by atoms with Crippen molar-refractivity contribution in [2.75, 3.05) is 26.2 Å². The normalized spacial score (nSPS) is 20.0. The third kappa shape index (κ3) is 8.39. The van der Waals surface area contributed by atoms with Crippen LogP contribution in [0.3, 0.4) is 0 Å². The summed E-state index contributed by atoms with van der Waals surface area (Å²) in [5.74, 6) is -3.05. The topological polar surface area (TPSA) is 217 Å². The van der Waals surface area contributed by atoms with Gasteiger partial charge in [-0.1, -0.05) is 12.1 Å². The average Bonchev–Trinajstić information content (AvgIpc) is 3.46. The van der Waals surface area contributed by atoms with E-state index < -0.39 is 53.7 Å². The lowest BCUT2D eigenvalue weighted by Crippen LogP contribution is -2.59. The highest BCUT2D eigenvalue weighted by Gasteiger charge is 2.41. The molecule has 14 nitrogen and oxygen atoms in total. The second-order valence-electron chi connectivity index (χ2n) is 10.3. The highest BCUT2D eigenvalue weighted by Crippen LogP contribution is 2.25.